The van der Waals surface area contributed by atoms with Crippen LogP contribution in [0.5, 0.6) is 5.75 Å². The van der Waals surface area contributed by atoms with Gasteiger partial charge in [-0.3, -0.25) is 4.79 Å². The minimum absolute atomic E-state index is 0.0273. The first-order chi connectivity index (χ1) is 9.25. The molecule has 0 saturated heterocycles. The lowest BCUT2D eigenvalue weighted by Gasteiger charge is -2.29. The SMILES string of the molecule is Cc1cccc(C(=O)N2CCOc3ccccc32)c1. The number of rotatable bonds is 1. The molecule has 3 rings (SSSR count). The van der Waals surface area contributed by atoms with E-state index in [1.54, 1.807) is 4.90 Å². The second-order valence-electron chi connectivity index (χ2n) is 4.64. The normalized spacial score (nSPS) is 13.6. The minimum atomic E-state index is 0.0273. The summed E-state index contributed by atoms with van der Waals surface area (Å²) < 4.78 is 5.57. The smallest absolute Gasteiger partial charge is 0.258 e. The van der Waals surface area contributed by atoms with E-state index >= 15 is 0 Å². The molecule has 1 aliphatic heterocycles. The van der Waals surface area contributed by atoms with Crippen LogP contribution in [0.3, 0.4) is 0 Å². The van der Waals surface area contributed by atoms with Gasteiger partial charge in [-0.2, -0.15) is 0 Å². The predicted molar refractivity (Wildman–Crippen MR) is 74.8 cm³/mol. The van der Waals surface area contributed by atoms with E-state index in [2.05, 4.69) is 0 Å². The average molecular weight is 253 g/mol. The topological polar surface area (TPSA) is 29.5 Å². The van der Waals surface area contributed by atoms with E-state index in [-0.39, 0.29) is 5.91 Å². The first kappa shape index (κ1) is 11.8. The molecular formula is C16H15NO2. The zero-order valence-electron chi connectivity index (χ0n) is 10.8. The van der Waals surface area contributed by atoms with Crippen LogP contribution in [0, 0.1) is 6.92 Å². The zero-order chi connectivity index (χ0) is 13.2. The molecule has 0 N–H and O–H groups in total. The van der Waals surface area contributed by atoms with Gasteiger partial charge in [0.05, 0.1) is 12.2 Å². The van der Waals surface area contributed by atoms with E-state index in [1.807, 2.05) is 55.5 Å². The number of aryl methyl sites for hydroxylation is 1. The van der Waals surface area contributed by atoms with Crippen LogP contribution < -0.4 is 9.64 Å². The molecule has 1 heterocycles. The van der Waals surface area contributed by atoms with Gasteiger partial charge in [0.25, 0.3) is 5.91 Å². The zero-order valence-corrected chi connectivity index (χ0v) is 10.8. The first-order valence-electron chi connectivity index (χ1n) is 6.36. The number of amides is 1. The van der Waals surface area contributed by atoms with E-state index in [0.29, 0.717) is 13.2 Å². The highest BCUT2D eigenvalue weighted by Gasteiger charge is 2.24. The first-order valence-corrected chi connectivity index (χ1v) is 6.36. The summed E-state index contributed by atoms with van der Waals surface area (Å²) in [5.41, 5.74) is 2.66. The Hall–Kier alpha value is -2.29. The monoisotopic (exact) mass is 253 g/mol. The Balaban J connectivity index is 1.98. The lowest BCUT2D eigenvalue weighted by Crippen LogP contribution is -2.37. The van der Waals surface area contributed by atoms with Crippen LogP contribution in [0.2, 0.25) is 0 Å². The van der Waals surface area contributed by atoms with Crippen molar-refractivity contribution in [1.82, 2.24) is 0 Å². The van der Waals surface area contributed by atoms with Crippen LogP contribution >= 0.6 is 0 Å². The van der Waals surface area contributed by atoms with Gasteiger partial charge in [0.2, 0.25) is 0 Å². The summed E-state index contributed by atoms with van der Waals surface area (Å²) in [6, 6.07) is 15.3. The van der Waals surface area contributed by atoms with Crippen molar-refractivity contribution in [3.63, 3.8) is 0 Å². The maximum Gasteiger partial charge on any atom is 0.258 e. The van der Waals surface area contributed by atoms with Crippen molar-refractivity contribution in [3.8, 4) is 5.75 Å². The summed E-state index contributed by atoms with van der Waals surface area (Å²) >= 11 is 0. The number of ether oxygens (including phenoxy) is 1. The summed E-state index contributed by atoms with van der Waals surface area (Å²) in [4.78, 5) is 14.4. The predicted octanol–water partition coefficient (Wildman–Crippen LogP) is 3.03. The second kappa shape index (κ2) is 4.76. The van der Waals surface area contributed by atoms with Gasteiger partial charge in [0.15, 0.2) is 0 Å². The highest BCUT2D eigenvalue weighted by atomic mass is 16.5. The van der Waals surface area contributed by atoms with Gasteiger partial charge in [0.1, 0.15) is 12.4 Å². The molecule has 0 spiro atoms. The highest BCUT2D eigenvalue weighted by molar-refractivity contribution is 6.07. The number of para-hydroxylation sites is 2. The molecule has 19 heavy (non-hydrogen) atoms. The van der Waals surface area contributed by atoms with Crippen LogP contribution in [-0.2, 0) is 0 Å². The summed E-state index contributed by atoms with van der Waals surface area (Å²) in [6.07, 6.45) is 0. The van der Waals surface area contributed by atoms with Gasteiger partial charge in [-0.1, -0.05) is 29.8 Å². The third-order valence-electron chi connectivity index (χ3n) is 3.24. The Morgan fingerprint density at radius 3 is 2.84 bits per heavy atom. The lowest BCUT2D eigenvalue weighted by molar-refractivity contribution is 0.0976. The maximum absolute atomic E-state index is 12.6. The summed E-state index contributed by atoms with van der Waals surface area (Å²) in [5.74, 6) is 0.800. The molecule has 0 atom stereocenters. The summed E-state index contributed by atoms with van der Waals surface area (Å²) in [6.45, 7) is 3.11. The van der Waals surface area contributed by atoms with Crippen molar-refractivity contribution < 1.29 is 9.53 Å². The third kappa shape index (κ3) is 2.19. The lowest BCUT2D eigenvalue weighted by atomic mass is 10.1. The van der Waals surface area contributed by atoms with Crippen molar-refractivity contribution >= 4 is 11.6 Å². The van der Waals surface area contributed by atoms with Crippen LogP contribution in [0.25, 0.3) is 0 Å². The van der Waals surface area contributed by atoms with Crippen LogP contribution in [0.1, 0.15) is 15.9 Å². The number of carbonyl (C=O) groups is 1. The van der Waals surface area contributed by atoms with Crippen molar-refractivity contribution in [2.45, 2.75) is 6.92 Å². The van der Waals surface area contributed by atoms with Gasteiger partial charge in [-0.15, -0.1) is 0 Å². The van der Waals surface area contributed by atoms with Gasteiger partial charge in [-0.25, -0.2) is 0 Å². The quantitative estimate of drug-likeness (QED) is 0.781. The van der Waals surface area contributed by atoms with E-state index in [0.717, 1.165) is 22.6 Å². The molecule has 0 aromatic heterocycles. The molecule has 0 saturated carbocycles. The molecule has 2 aromatic carbocycles. The van der Waals surface area contributed by atoms with E-state index in [1.165, 1.54) is 0 Å². The summed E-state index contributed by atoms with van der Waals surface area (Å²) in [5, 5.41) is 0. The van der Waals surface area contributed by atoms with Crippen LogP contribution in [0.15, 0.2) is 48.5 Å². The number of anilines is 1. The standard InChI is InChI=1S/C16H15NO2/c1-12-5-4-6-13(11-12)16(18)17-9-10-19-15-8-3-2-7-14(15)17/h2-8,11H,9-10H2,1H3. The fraction of sp³-hybridized carbons (Fsp3) is 0.188. The summed E-state index contributed by atoms with van der Waals surface area (Å²) in [7, 11) is 0. The largest absolute Gasteiger partial charge is 0.490 e. The Bertz CT molecular complexity index is 622. The molecule has 0 bridgehead atoms. The Morgan fingerprint density at radius 2 is 2.00 bits per heavy atom. The number of nitrogens with zero attached hydrogens (tertiary/aromatic N) is 1. The van der Waals surface area contributed by atoms with Crippen LogP contribution in [-0.4, -0.2) is 19.1 Å². The molecule has 1 amide bonds. The van der Waals surface area contributed by atoms with Gasteiger partial charge >= 0.3 is 0 Å². The van der Waals surface area contributed by atoms with Gasteiger partial charge in [-0.05, 0) is 31.2 Å². The Labute approximate surface area is 112 Å². The number of hydrogen-bond donors (Lipinski definition) is 0. The molecule has 3 nitrogen and oxygen atoms in total. The van der Waals surface area contributed by atoms with Crippen molar-refractivity contribution in [3.05, 3.63) is 59.7 Å². The van der Waals surface area contributed by atoms with Crippen LogP contribution in [0.4, 0.5) is 5.69 Å². The Morgan fingerprint density at radius 1 is 1.16 bits per heavy atom. The van der Waals surface area contributed by atoms with E-state index in [4.69, 9.17) is 4.74 Å². The molecule has 96 valence electrons. The number of benzene rings is 2. The number of hydrogen-bond acceptors (Lipinski definition) is 2. The molecule has 2 aromatic rings. The second-order valence-corrected chi connectivity index (χ2v) is 4.64. The van der Waals surface area contributed by atoms with Gasteiger partial charge in [0, 0.05) is 5.56 Å². The molecular weight excluding hydrogens is 238 g/mol. The molecule has 3 heteroatoms. The van der Waals surface area contributed by atoms with Gasteiger partial charge < -0.3 is 9.64 Å². The minimum Gasteiger partial charge on any atom is -0.490 e. The molecule has 0 unspecified atom stereocenters. The van der Waals surface area contributed by atoms with Crippen molar-refractivity contribution in [2.24, 2.45) is 0 Å². The average Bonchev–Trinajstić information content (AvgIpc) is 2.46. The van der Waals surface area contributed by atoms with Crippen molar-refractivity contribution in [2.75, 3.05) is 18.1 Å². The third-order valence-corrected chi connectivity index (χ3v) is 3.24. The number of fused-ring (bicyclic) bond motifs is 1. The molecule has 1 aliphatic rings. The fourth-order valence-electron chi connectivity index (χ4n) is 2.31. The van der Waals surface area contributed by atoms with E-state index in [9.17, 15) is 4.79 Å². The Kier molecular flexibility index (Phi) is 2.95. The van der Waals surface area contributed by atoms with E-state index < -0.39 is 0 Å². The van der Waals surface area contributed by atoms with Crippen molar-refractivity contribution in [1.29, 1.82) is 0 Å². The highest BCUT2D eigenvalue weighted by Crippen LogP contribution is 2.31. The molecule has 0 radical (unpaired) electrons. The molecule has 0 fully saturated rings. The fourth-order valence-corrected chi connectivity index (χ4v) is 2.31. The maximum atomic E-state index is 12.6. The number of carbonyl (C=O) groups excluding carboxylic acids is 1. The molecule has 0 aliphatic carbocycles.